The highest BCUT2D eigenvalue weighted by Gasteiger charge is 2.08. The smallest absolute Gasteiger partial charge is 0.234 e. The highest BCUT2D eigenvalue weighted by Crippen LogP contribution is 2.27. The van der Waals surface area contributed by atoms with Crippen LogP contribution in [0.1, 0.15) is 0 Å². The van der Waals surface area contributed by atoms with Gasteiger partial charge in [0.1, 0.15) is 5.75 Å². The molecule has 0 saturated heterocycles. The highest BCUT2D eigenvalue weighted by molar-refractivity contribution is 9.10. The number of hydrogen-bond acceptors (Lipinski definition) is 4. The number of hydrogen-bond donors (Lipinski definition) is 2. The molecule has 1 amide bonds. The first-order valence-corrected chi connectivity index (χ1v) is 7.98. The Morgan fingerprint density at radius 2 is 2.14 bits per heavy atom. The van der Waals surface area contributed by atoms with Crippen LogP contribution in [0.15, 0.2) is 51.8 Å². The van der Waals surface area contributed by atoms with Gasteiger partial charge < -0.3 is 15.8 Å². The summed E-state index contributed by atoms with van der Waals surface area (Å²) in [4.78, 5) is 13.0. The third-order valence-electron chi connectivity index (χ3n) is 2.66. The Kier molecular flexibility index (Phi) is 5.52. The Labute approximate surface area is 136 Å². The first-order chi connectivity index (χ1) is 10.1. The third kappa shape index (κ3) is 4.68. The number of rotatable bonds is 5. The Hall–Kier alpha value is -1.66. The lowest BCUT2D eigenvalue weighted by atomic mass is 10.2. The Morgan fingerprint density at radius 1 is 1.33 bits per heavy atom. The predicted octanol–water partition coefficient (Wildman–Crippen LogP) is 3.77. The van der Waals surface area contributed by atoms with Crippen LogP contribution in [0.3, 0.4) is 0 Å². The van der Waals surface area contributed by atoms with Crippen LogP contribution >= 0.6 is 27.7 Å². The molecular weight excluding hydrogens is 352 g/mol. The molecule has 0 aliphatic heterocycles. The van der Waals surface area contributed by atoms with Crippen LogP contribution in [0.5, 0.6) is 5.75 Å². The van der Waals surface area contributed by atoms with Gasteiger partial charge in [0.25, 0.3) is 0 Å². The van der Waals surface area contributed by atoms with Crippen molar-refractivity contribution in [1.82, 2.24) is 0 Å². The number of carbonyl (C=O) groups is 1. The molecule has 0 aliphatic carbocycles. The van der Waals surface area contributed by atoms with E-state index in [2.05, 4.69) is 21.2 Å². The van der Waals surface area contributed by atoms with Crippen molar-refractivity contribution >= 4 is 45.0 Å². The van der Waals surface area contributed by atoms with E-state index in [4.69, 9.17) is 10.5 Å². The lowest BCUT2D eigenvalue weighted by Gasteiger charge is -2.10. The number of methoxy groups -OCH3 is 1. The maximum atomic E-state index is 12.0. The molecule has 3 N–H and O–H groups in total. The second-order valence-corrected chi connectivity index (χ2v) is 6.22. The minimum atomic E-state index is -0.108. The van der Waals surface area contributed by atoms with Crippen LogP contribution in [-0.4, -0.2) is 18.8 Å². The molecule has 0 bridgehead atoms. The normalized spacial score (nSPS) is 10.2. The predicted molar refractivity (Wildman–Crippen MR) is 90.9 cm³/mol. The average molecular weight is 367 g/mol. The van der Waals surface area contributed by atoms with E-state index < -0.39 is 0 Å². The van der Waals surface area contributed by atoms with E-state index >= 15 is 0 Å². The monoisotopic (exact) mass is 366 g/mol. The molecule has 21 heavy (non-hydrogen) atoms. The molecule has 0 radical (unpaired) electrons. The van der Waals surface area contributed by atoms with Gasteiger partial charge in [0.15, 0.2) is 0 Å². The van der Waals surface area contributed by atoms with Gasteiger partial charge in [-0.2, -0.15) is 0 Å². The maximum absolute atomic E-state index is 12.0. The van der Waals surface area contributed by atoms with Crippen LogP contribution in [-0.2, 0) is 4.79 Å². The van der Waals surface area contributed by atoms with Gasteiger partial charge in [0, 0.05) is 15.1 Å². The molecule has 0 atom stereocenters. The molecule has 2 rings (SSSR count). The lowest BCUT2D eigenvalue weighted by molar-refractivity contribution is -0.113. The molecule has 0 aromatic heterocycles. The van der Waals surface area contributed by atoms with Crippen molar-refractivity contribution < 1.29 is 9.53 Å². The number of nitrogens with one attached hydrogen (secondary N) is 1. The topological polar surface area (TPSA) is 64.3 Å². The molecule has 0 fully saturated rings. The quantitative estimate of drug-likeness (QED) is 0.624. The molecule has 0 unspecified atom stereocenters. The molecule has 6 heteroatoms. The van der Waals surface area contributed by atoms with E-state index in [-0.39, 0.29) is 5.91 Å². The highest BCUT2D eigenvalue weighted by atomic mass is 79.9. The largest absolute Gasteiger partial charge is 0.495 e. The molecular formula is C15H15BrN2O2S. The summed E-state index contributed by atoms with van der Waals surface area (Å²) < 4.78 is 6.19. The number of benzene rings is 2. The molecule has 0 heterocycles. The molecule has 0 spiro atoms. The van der Waals surface area contributed by atoms with Crippen LogP contribution in [0, 0.1) is 0 Å². The van der Waals surface area contributed by atoms with Crippen molar-refractivity contribution in [1.29, 1.82) is 0 Å². The molecule has 0 saturated carbocycles. The standard InChI is InChI=1S/C15H15BrN2O2S/c1-20-14-6-5-11(17)8-13(14)18-15(19)9-21-12-4-2-3-10(16)7-12/h2-8H,9,17H2,1H3,(H,18,19). The first-order valence-electron chi connectivity index (χ1n) is 6.20. The van der Waals surface area contributed by atoms with Crippen molar-refractivity contribution in [3.63, 3.8) is 0 Å². The Balaban J connectivity index is 1.97. The minimum absolute atomic E-state index is 0.108. The van der Waals surface area contributed by atoms with E-state index in [1.54, 1.807) is 25.3 Å². The lowest BCUT2D eigenvalue weighted by Crippen LogP contribution is -2.14. The van der Waals surface area contributed by atoms with Gasteiger partial charge in [-0.05, 0) is 36.4 Å². The summed E-state index contributed by atoms with van der Waals surface area (Å²) in [6.07, 6.45) is 0. The van der Waals surface area contributed by atoms with E-state index in [1.807, 2.05) is 24.3 Å². The fourth-order valence-electron chi connectivity index (χ4n) is 1.72. The second kappa shape index (κ2) is 7.38. The summed E-state index contributed by atoms with van der Waals surface area (Å²) in [5.41, 5.74) is 6.88. The van der Waals surface area contributed by atoms with Crippen molar-refractivity contribution in [2.45, 2.75) is 4.90 Å². The van der Waals surface area contributed by atoms with E-state index in [0.29, 0.717) is 22.9 Å². The fourth-order valence-corrected chi connectivity index (χ4v) is 3.02. The fraction of sp³-hybridized carbons (Fsp3) is 0.133. The van der Waals surface area contributed by atoms with Gasteiger partial charge in [-0.1, -0.05) is 22.0 Å². The van der Waals surface area contributed by atoms with Crippen molar-refractivity contribution in [2.75, 3.05) is 23.9 Å². The summed E-state index contributed by atoms with van der Waals surface area (Å²) in [6, 6.07) is 13.0. The van der Waals surface area contributed by atoms with Gasteiger partial charge in [0.2, 0.25) is 5.91 Å². The number of thioether (sulfide) groups is 1. The third-order valence-corrected chi connectivity index (χ3v) is 4.15. The summed E-state index contributed by atoms with van der Waals surface area (Å²) in [7, 11) is 1.55. The van der Waals surface area contributed by atoms with Gasteiger partial charge >= 0.3 is 0 Å². The zero-order chi connectivity index (χ0) is 15.2. The molecule has 0 aliphatic rings. The minimum Gasteiger partial charge on any atom is -0.495 e. The van der Waals surface area contributed by atoms with Crippen molar-refractivity contribution in [2.24, 2.45) is 0 Å². The van der Waals surface area contributed by atoms with Crippen LogP contribution in [0.25, 0.3) is 0 Å². The molecule has 4 nitrogen and oxygen atoms in total. The van der Waals surface area contributed by atoms with Gasteiger partial charge in [-0.25, -0.2) is 0 Å². The average Bonchev–Trinajstić information content (AvgIpc) is 2.45. The summed E-state index contributed by atoms with van der Waals surface area (Å²) in [5, 5.41) is 2.81. The number of anilines is 2. The number of ether oxygens (including phenoxy) is 1. The summed E-state index contributed by atoms with van der Waals surface area (Å²) in [6.45, 7) is 0. The Bertz CT molecular complexity index is 649. The van der Waals surface area contributed by atoms with E-state index in [1.165, 1.54) is 11.8 Å². The number of nitrogens with two attached hydrogens (primary N) is 1. The van der Waals surface area contributed by atoms with Gasteiger partial charge in [-0.3, -0.25) is 4.79 Å². The van der Waals surface area contributed by atoms with Crippen LogP contribution in [0.2, 0.25) is 0 Å². The summed E-state index contributed by atoms with van der Waals surface area (Å²) in [5.74, 6) is 0.794. The van der Waals surface area contributed by atoms with Gasteiger partial charge in [0.05, 0.1) is 18.6 Å². The summed E-state index contributed by atoms with van der Waals surface area (Å²) >= 11 is 4.87. The molecule has 2 aromatic rings. The number of amides is 1. The number of nitrogen functional groups attached to an aromatic ring is 1. The molecule has 2 aromatic carbocycles. The van der Waals surface area contributed by atoms with Crippen LogP contribution < -0.4 is 15.8 Å². The second-order valence-electron chi connectivity index (χ2n) is 4.25. The maximum Gasteiger partial charge on any atom is 0.234 e. The van der Waals surface area contributed by atoms with Gasteiger partial charge in [-0.15, -0.1) is 11.8 Å². The number of halogens is 1. The zero-order valence-corrected chi connectivity index (χ0v) is 13.8. The number of carbonyl (C=O) groups excluding carboxylic acids is 1. The molecule has 110 valence electrons. The Morgan fingerprint density at radius 3 is 2.86 bits per heavy atom. The first kappa shape index (κ1) is 15.7. The van der Waals surface area contributed by atoms with Crippen molar-refractivity contribution in [3.8, 4) is 5.75 Å². The van der Waals surface area contributed by atoms with Crippen molar-refractivity contribution in [3.05, 3.63) is 46.9 Å². The van der Waals surface area contributed by atoms with Crippen LogP contribution in [0.4, 0.5) is 11.4 Å². The van der Waals surface area contributed by atoms with E-state index in [9.17, 15) is 4.79 Å². The zero-order valence-electron chi connectivity index (χ0n) is 11.4. The van der Waals surface area contributed by atoms with E-state index in [0.717, 1.165) is 9.37 Å². The SMILES string of the molecule is COc1ccc(N)cc1NC(=O)CSc1cccc(Br)c1.